The Bertz CT molecular complexity index is 263. The Morgan fingerprint density at radius 2 is 2.00 bits per heavy atom. The predicted molar refractivity (Wildman–Crippen MR) is 62.7 cm³/mol. The highest BCUT2D eigenvalue weighted by Crippen LogP contribution is 2.10. The van der Waals surface area contributed by atoms with Crippen molar-refractivity contribution in [3.63, 3.8) is 0 Å². The van der Waals surface area contributed by atoms with Gasteiger partial charge < -0.3 is 5.11 Å². The van der Waals surface area contributed by atoms with Crippen molar-refractivity contribution < 1.29 is 13.5 Å². The molecular formula is C9H20ClNO3S. The van der Waals surface area contributed by atoms with Crippen LogP contribution in [-0.2, 0) is 10.0 Å². The van der Waals surface area contributed by atoms with Crippen molar-refractivity contribution in [2.24, 2.45) is 0 Å². The van der Waals surface area contributed by atoms with Crippen LogP contribution in [0, 0.1) is 0 Å². The summed E-state index contributed by atoms with van der Waals surface area (Å²) in [5.74, 6) is 0.538. The average Bonchev–Trinajstić information content (AvgIpc) is 2.17. The van der Waals surface area contributed by atoms with E-state index in [1.54, 1.807) is 6.92 Å². The van der Waals surface area contributed by atoms with Crippen molar-refractivity contribution in [3.8, 4) is 0 Å². The molecule has 4 nitrogen and oxygen atoms in total. The minimum absolute atomic E-state index is 0.0648. The maximum Gasteiger partial charge on any atom is 0.212 e. The van der Waals surface area contributed by atoms with E-state index in [9.17, 15) is 8.42 Å². The van der Waals surface area contributed by atoms with Gasteiger partial charge in [0, 0.05) is 5.88 Å². The van der Waals surface area contributed by atoms with Gasteiger partial charge in [0.2, 0.25) is 10.0 Å². The zero-order valence-corrected chi connectivity index (χ0v) is 10.9. The molecule has 2 N–H and O–H groups in total. The number of aliphatic hydroxyl groups is 1. The molecule has 15 heavy (non-hydrogen) atoms. The molecule has 92 valence electrons. The first-order chi connectivity index (χ1) is 6.89. The number of halogens is 1. The normalized spacial score (nSPS) is 16.3. The highest BCUT2D eigenvalue weighted by molar-refractivity contribution is 7.89. The third-order valence-electron chi connectivity index (χ3n) is 2.33. The van der Waals surface area contributed by atoms with Crippen molar-refractivity contribution in [1.82, 2.24) is 4.72 Å². The number of sulfonamides is 1. The Labute approximate surface area is 97.1 Å². The van der Waals surface area contributed by atoms with Crippen LogP contribution in [0.3, 0.4) is 0 Å². The number of nitrogens with one attached hydrogen (secondary N) is 1. The van der Waals surface area contributed by atoms with Gasteiger partial charge in [-0.1, -0.05) is 6.92 Å². The van der Waals surface area contributed by atoms with Crippen molar-refractivity contribution in [3.05, 3.63) is 0 Å². The van der Waals surface area contributed by atoms with Gasteiger partial charge in [-0.15, -0.1) is 11.6 Å². The summed E-state index contributed by atoms with van der Waals surface area (Å²) in [5.41, 5.74) is -0.750. The summed E-state index contributed by atoms with van der Waals surface area (Å²) < 4.78 is 25.7. The minimum Gasteiger partial charge on any atom is -0.394 e. The topological polar surface area (TPSA) is 66.4 Å². The Morgan fingerprint density at radius 3 is 2.40 bits per heavy atom. The van der Waals surface area contributed by atoms with Crippen LogP contribution in [0.1, 0.15) is 33.1 Å². The molecule has 0 saturated heterocycles. The van der Waals surface area contributed by atoms with Gasteiger partial charge in [0.1, 0.15) is 0 Å². The van der Waals surface area contributed by atoms with E-state index in [1.807, 2.05) is 6.92 Å². The van der Waals surface area contributed by atoms with Crippen LogP contribution >= 0.6 is 11.6 Å². The highest BCUT2D eigenvalue weighted by Gasteiger charge is 2.26. The molecule has 0 rings (SSSR count). The highest BCUT2D eigenvalue weighted by atomic mass is 35.5. The van der Waals surface area contributed by atoms with E-state index < -0.39 is 15.6 Å². The molecule has 0 aromatic heterocycles. The summed E-state index contributed by atoms with van der Waals surface area (Å²) in [7, 11) is -3.30. The van der Waals surface area contributed by atoms with Gasteiger partial charge in [-0.05, 0) is 26.2 Å². The Morgan fingerprint density at radius 1 is 1.40 bits per heavy atom. The summed E-state index contributed by atoms with van der Waals surface area (Å²) in [5, 5.41) is 9.07. The van der Waals surface area contributed by atoms with Crippen LogP contribution in [0.15, 0.2) is 0 Å². The summed E-state index contributed by atoms with van der Waals surface area (Å²) in [6.45, 7) is 3.32. The molecule has 0 aliphatic rings. The monoisotopic (exact) mass is 257 g/mol. The second-order valence-electron chi connectivity index (χ2n) is 3.89. The number of aliphatic hydroxyl groups excluding tert-OH is 1. The Kier molecular flexibility index (Phi) is 6.75. The quantitative estimate of drug-likeness (QED) is 0.505. The number of hydrogen-bond donors (Lipinski definition) is 2. The lowest BCUT2D eigenvalue weighted by atomic mass is 10.0. The van der Waals surface area contributed by atoms with E-state index in [4.69, 9.17) is 16.7 Å². The van der Waals surface area contributed by atoms with E-state index in [0.717, 1.165) is 0 Å². The number of hydrogen-bond acceptors (Lipinski definition) is 3. The summed E-state index contributed by atoms with van der Waals surface area (Å²) in [6.07, 6.45) is 1.78. The lowest BCUT2D eigenvalue weighted by molar-refractivity contribution is 0.191. The van der Waals surface area contributed by atoms with Crippen LogP contribution in [0.2, 0.25) is 0 Å². The fraction of sp³-hybridized carbons (Fsp3) is 1.00. The van der Waals surface area contributed by atoms with Gasteiger partial charge in [0.25, 0.3) is 0 Å². The molecule has 0 saturated carbocycles. The molecule has 0 aromatic rings. The zero-order valence-electron chi connectivity index (χ0n) is 9.29. The zero-order chi connectivity index (χ0) is 11.9. The molecule has 0 aliphatic heterocycles. The lowest BCUT2D eigenvalue weighted by Gasteiger charge is -2.26. The number of unbranched alkanes of at least 4 members (excludes halogenated alkanes) is 1. The van der Waals surface area contributed by atoms with E-state index >= 15 is 0 Å². The smallest absolute Gasteiger partial charge is 0.212 e. The fourth-order valence-corrected chi connectivity index (χ4v) is 2.86. The van der Waals surface area contributed by atoms with Crippen molar-refractivity contribution in [2.75, 3.05) is 18.2 Å². The third kappa shape index (κ3) is 6.35. The van der Waals surface area contributed by atoms with Crippen LogP contribution in [-0.4, -0.2) is 37.3 Å². The fourth-order valence-electron chi connectivity index (χ4n) is 1.03. The second-order valence-corrected chi connectivity index (χ2v) is 6.11. The number of rotatable bonds is 8. The molecule has 6 heteroatoms. The van der Waals surface area contributed by atoms with E-state index in [0.29, 0.717) is 25.1 Å². The maximum absolute atomic E-state index is 11.6. The van der Waals surface area contributed by atoms with Crippen LogP contribution in [0.25, 0.3) is 0 Å². The van der Waals surface area contributed by atoms with Crippen LogP contribution < -0.4 is 4.72 Å². The van der Waals surface area contributed by atoms with Crippen molar-refractivity contribution in [2.45, 2.75) is 38.6 Å². The largest absolute Gasteiger partial charge is 0.394 e. The first-order valence-corrected chi connectivity index (χ1v) is 7.26. The van der Waals surface area contributed by atoms with Gasteiger partial charge in [-0.3, -0.25) is 0 Å². The molecule has 1 atom stereocenters. The van der Waals surface area contributed by atoms with Gasteiger partial charge in [0.05, 0.1) is 17.9 Å². The molecular weight excluding hydrogens is 238 g/mol. The van der Waals surface area contributed by atoms with E-state index in [-0.39, 0.29) is 12.4 Å². The van der Waals surface area contributed by atoms with E-state index in [2.05, 4.69) is 4.72 Å². The van der Waals surface area contributed by atoms with Crippen molar-refractivity contribution in [1.29, 1.82) is 0 Å². The minimum atomic E-state index is -3.30. The standard InChI is InChI=1S/C9H20ClNO3S/c1-3-9(2,8-12)11-15(13,14)7-5-4-6-10/h11-12H,3-8H2,1-2H3. The van der Waals surface area contributed by atoms with Gasteiger partial charge in [-0.25, -0.2) is 13.1 Å². The summed E-state index contributed by atoms with van der Waals surface area (Å²) in [4.78, 5) is 0. The molecule has 0 bridgehead atoms. The third-order valence-corrected chi connectivity index (χ3v) is 4.23. The lowest BCUT2D eigenvalue weighted by Crippen LogP contribution is -2.49. The average molecular weight is 258 g/mol. The Balaban J connectivity index is 4.24. The number of alkyl halides is 1. The molecule has 0 amide bonds. The molecule has 0 heterocycles. The summed E-state index contributed by atoms with van der Waals surface area (Å²) >= 11 is 5.46. The second kappa shape index (κ2) is 6.68. The SMILES string of the molecule is CCC(C)(CO)NS(=O)(=O)CCCCCl. The van der Waals surface area contributed by atoms with Gasteiger partial charge in [-0.2, -0.15) is 0 Å². The first-order valence-electron chi connectivity index (χ1n) is 5.07. The van der Waals surface area contributed by atoms with Crippen LogP contribution in [0.4, 0.5) is 0 Å². The Hall–Kier alpha value is 0.160. The summed E-state index contributed by atoms with van der Waals surface area (Å²) in [6, 6.07) is 0. The molecule has 0 spiro atoms. The molecule has 0 aliphatic carbocycles. The predicted octanol–water partition coefficient (Wildman–Crippen LogP) is 1.09. The van der Waals surface area contributed by atoms with Gasteiger partial charge >= 0.3 is 0 Å². The van der Waals surface area contributed by atoms with E-state index in [1.165, 1.54) is 0 Å². The van der Waals surface area contributed by atoms with Gasteiger partial charge in [0.15, 0.2) is 0 Å². The first kappa shape index (κ1) is 15.2. The van der Waals surface area contributed by atoms with Crippen molar-refractivity contribution >= 4 is 21.6 Å². The van der Waals surface area contributed by atoms with Crippen LogP contribution in [0.5, 0.6) is 0 Å². The molecule has 0 fully saturated rings. The maximum atomic E-state index is 11.6. The molecule has 0 aromatic carbocycles. The molecule has 1 unspecified atom stereocenters. The molecule has 0 radical (unpaired) electrons.